The number of amides is 2. The first-order valence-electron chi connectivity index (χ1n) is 9.75. The monoisotopic (exact) mass is 370 g/mol. The van der Waals surface area contributed by atoms with E-state index in [1.54, 1.807) is 24.0 Å². The molecule has 2 fully saturated rings. The van der Waals surface area contributed by atoms with Gasteiger partial charge in [0.1, 0.15) is 5.56 Å². The lowest BCUT2D eigenvalue weighted by atomic mass is 9.98. The lowest BCUT2D eigenvalue weighted by Gasteiger charge is -2.36. The summed E-state index contributed by atoms with van der Waals surface area (Å²) in [7, 11) is 1.59. The van der Waals surface area contributed by atoms with Gasteiger partial charge in [0.15, 0.2) is 5.65 Å². The Bertz CT molecular complexity index is 842. The van der Waals surface area contributed by atoms with E-state index in [4.69, 9.17) is 0 Å². The summed E-state index contributed by atoms with van der Waals surface area (Å²) in [5, 5.41) is 7.03. The van der Waals surface area contributed by atoms with E-state index < -0.39 is 0 Å². The largest absolute Gasteiger partial charge is 0.355 e. The van der Waals surface area contributed by atoms with Gasteiger partial charge in [-0.2, -0.15) is 5.10 Å². The Labute approximate surface area is 158 Å². The molecule has 144 valence electrons. The number of aromatic nitrogens is 3. The van der Waals surface area contributed by atoms with Crippen molar-refractivity contribution in [3.05, 3.63) is 29.7 Å². The highest BCUT2D eigenvalue weighted by atomic mass is 16.2. The third-order valence-corrected chi connectivity index (χ3v) is 5.62. The lowest BCUT2D eigenvalue weighted by Crippen LogP contribution is -2.44. The Morgan fingerprint density at radius 2 is 1.96 bits per heavy atom. The zero-order valence-electron chi connectivity index (χ0n) is 15.7. The predicted octanol–water partition coefficient (Wildman–Crippen LogP) is 1.24. The van der Waals surface area contributed by atoms with Gasteiger partial charge in [-0.25, -0.2) is 9.50 Å². The number of carbonyl (C=O) groups is 2. The second kappa shape index (κ2) is 7.64. The number of fused-ring (bicyclic) bond motifs is 1. The van der Waals surface area contributed by atoms with E-state index in [-0.39, 0.29) is 17.9 Å². The van der Waals surface area contributed by atoms with Gasteiger partial charge in [-0.15, -0.1) is 0 Å². The fraction of sp³-hybridized carbons (Fsp3) is 0.579. The maximum atomic E-state index is 13.0. The molecule has 4 rings (SSSR count). The Morgan fingerprint density at radius 1 is 1.19 bits per heavy atom. The molecule has 2 saturated heterocycles. The molecule has 0 saturated carbocycles. The minimum atomic E-state index is -0.208. The van der Waals surface area contributed by atoms with E-state index in [1.807, 2.05) is 11.0 Å². The Hall–Kier alpha value is -2.48. The molecule has 0 spiro atoms. The van der Waals surface area contributed by atoms with Gasteiger partial charge in [0.05, 0.1) is 24.5 Å². The molecule has 27 heavy (non-hydrogen) atoms. The molecule has 8 heteroatoms. The van der Waals surface area contributed by atoms with Gasteiger partial charge < -0.3 is 10.2 Å². The first-order valence-corrected chi connectivity index (χ1v) is 9.75. The summed E-state index contributed by atoms with van der Waals surface area (Å²) in [6, 6.07) is 1.89. The predicted molar refractivity (Wildman–Crippen MR) is 100 cm³/mol. The maximum Gasteiger partial charge on any atom is 0.256 e. The second-order valence-electron chi connectivity index (χ2n) is 7.32. The first kappa shape index (κ1) is 17.9. The number of hydrogen-bond acceptors (Lipinski definition) is 5. The van der Waals surface area contributed by atoms with Crippen LogP contribution in [0, 0.1) is 0 Å². The number of piperidine rings is 1. The molecule has 2 aromatic rings. The van der Waals surface area contributed by atoms with Crippen LogP contribution in [0.3, 0.4) is 0 Å². The molecular formula is C19H26N6O2. The van der Waals surface area contributed by atoms with E-state index >= 15 is 0 Å². The molecular weight excluding hydrogens is 344 g/mol. The van der Waals surface area contributed by atoms with Crippen molar-refractivity contribution in [3.63, 3.8) is 0 Å². The summed E-state index contributed by atoms with van der Waals surface area (Å²) in [6.07, 6.45) is 8.61. The summed E-state index contributed by atoms with van der Waals surface area (Å²) in [5.41, 5.74) is 1.90. The third kappa shape index (κ3) is 3.41. The van der Waals surface area contributed by atoms with Crippen molar-refractivity contribution in [1.29, 1.82) is 0 Å². The van der Waals surface area contributed by atoms with E-state index in [0.29, 0.717) is 17.8 Å². The van der Waals surface area contributed by atoms with Crippen molar-refractivity contribution >= 4 is 17.5 Å². The summed E-state index contributed by atoms with van der Waals surface area (Å²) < 4.78 is 1.72. The third-order valence-electron chi connectivity index (χ3n) is 5.62. The number of hydrogen-bond donors (Lipinski definition) is 1. The van der Waals surface area contributed by atoms with Crippen LogP contribution < -0.4 is 5.32 Å². The number of nitrogens with zero attached hydrogens (tertiary/aromatic N) is 5. The van der Waals surface area contributed by atoms with Crippen molar-refractivity contribution in [2.24, 2.45) is 0 Å². The molecule has 2 aliphatic rings. The minimum Gasteiger partial charge on any atom is -0.355 e. The smallest absolute Gasteiger partial charge is 0.256 e. The Morgan fingerprint density at radius 3 is 2.74 bits per heavy atom. The average Bonchev–Trinajstić information content (AvgIpc) is 3.36. The van der Waals surface area contributed by atoms with Crippen LogP contribution in [0.25, 0.3) is 5.65 Å². The standard InChI is InChI=1S/C19H26N6O2/c1-20-19(27)14-12-22-25-16(7-8-21-18(14)25)15-6-2-3-11-24(15)17(26)13-23-9-4-5-10-23/h7-8,12,15H,2-6,9-11,13H2,1H3,(H,20,27). The van der Waals surface area contributed by atoms with Crippen LogP contribution in [0.1, 0.15) is 54.2 Å². The van der Waals surface area contributed by atoms with Crippen LogP contribution in [-0.4, -0.2) is 69.4 Å². The van der Waals surface area contributed by atoms with Gasteiger partial charge in [0.25, 0.3) is 5.91 Å². The zero-order chi connectivity index (χ0) is 18.8. The van der Waals surface area contributed by atoms with Crippen molar-refractivity contribution in [2.75, 3.05) is 33.2 Å². The van der Waals surface area contributed by atoms with E-state index in [9.17, 15) is 9.59 Å². The lowest BCUT2D eigenvalue weighted by molar-refractivity contribution is -0.136. The summed E-state index contributed by atoms with van der Waals surface area (Å²) in [6.45, 7) is 3.29. The molecule has 1 atom stereocenters. The van der Waals surface area contributed by atoms with Crippen molar-refractivity contribution in [3.8, 4) is 0 Å². The quantitative estimate of drug-likeness (QED) is 0.876. The molecule has 2 amide bonds. The van der Waals surface area contributed by atoms with Crippen molar-refractivity contribution in [1.82, 2.24) is 29.7 Å². The molecule has 0 aliphatic carbocycles. The van der Waals surface area contributed by atoms with E-state index in [1.165, 1.54) is 12.8 Å². The summed E-state index contributed by atoms with van der Waals surface area (Å²) in [4.78, 5) is 33.7. The number of likely N-dealkylation sites (tertiary alicyclic amines) is 2. The van der Waals surface area contributed by atoms with Crippen molar-refractivity contribution < 1.29 is 9.59 Å². The molecule has 0 radical (unpaired) electrons. The number of rotatable bonds is 4. The topological polar surface area (TPSA) is 82.8 Å². The normalized spacial score (nSPS) is 20.9. The molecule has 8 nitrogen and oxygen atoms in total. The second-order valence-corrected chi connectivity index (χ2v) is 7.32. The van der Waals surface area contributed by atoms with E-state index in [2.05, 4.69) is 20.3 Å². The van der Waals surface area contributed by atoms with E-state index in [0.717, 1.165) is 44.6 Å². The van der Waals surface area contributed by atoms with Gasteiger partial charge >= 0.3 is 0 Å². The summed E-state index contributed by atoms with van der Waals surface area (Å²) >= 11 is 0. The highest BCUT2D eigenvalue weighted by Crippen LogP contribution is 2.31. The SMILES string of the molecule is CNC(=O)c1cnn2c(C3CCCCN3C(=O)CN3CCCC3)ccnc12. The van der Waals surface area contributed by atoms with Crippen LogP contribution in [0.4, 0.5) is 0 Å². The first-order chi connectivity index (χ1) is 13.2. The molecule has 2 aliphatic heterocycles. The highest BCUT2D eigenvalue weighted by molar-refractivity contribution is 5.99. The molecule has 2 aromatic heterocycles. The minimum absolute atomic E-state index is 0.0307. The van der Waals surface area contributed by atoms with Crippen LogP contribution in [-0.2, 0) is 4.79 Å². The molecule has 1 unspecified atom stereocenters. The van der Waals surface area contributed by atoms with Crippen LogP contribution in [0.5, 0.6) is 0 Å². The van der Waals surface area contributed by atoms with Gasteiger partial charge in [-0.1, -0.05) is 0 Å². The Balaban J connectivity index is 1.64. The number of nitrogens with one attached hydrogen (secondary N) is 1. The zero-order valence-corrected chi connectivity index (χ0v) is 15.7. The van der Waals surface area contributed by atoms with Gasteiger partial charge in [-0.3, -0.25) is 14.5 Å². The van der Waals surface area contributed by atoms with Crippen molar-refractivity contribution in [2.45, 2.75) is 38.1 Å². The number of carbonyl (C=O) groups excluding carboxylic acids is 2. The molecule has 4 heterocycles. The molecule has 0 bridgehead atoms. The van der Waals surface area contributed by atoms with Crippen LogP contribution in [0.2, 0.25) is 0 Å². The van der Waals surface area contributed by atoms with Gasteiger partial charge in [0.2, 0.25) is 5.91 Å². The van der Waals surface area contributed by atoms with Crippen LogP contribution >= 0.6 is 0 Å². The maximum absolute atomic E-state index is 13.0. The van der Waals surface area contributed by atoms with Gasteiger partial charge in [0, 0.05) is 19.8 Å². The Kier molecular flexibility index (Phi) is 5.07. The average molecular weight is 370 g/mol. The van der Waals surface area contributed by atoms with Crippen LogP contribution in [0.15, 0.2) is 18.5 Å². The van der Waals surface area contributed by atoms with Gasteiger partial charge in [-0.05, 0) is 51.3 Å². The fourth-order valence-electron chi connectivity index (χ4n) is 4.22. The molecule has 0 aromatic carbocycles. The molecule has 1 N–H and O–H groups in total. The highest BCUT2D eigenvalue weighted by Gasteiger charge is 2.31. The summed E-state index contributed by atoms with van der Waals surface area (Å²) in [5.74, 6) is -0.0227. The fourth-order valence-corrected chi connectivity index (χ4v) is 4.22.